The lowest BCUT2D eigenvalue weighted by Crippen LogP contribution is -2.18. The topological polar surface area (TPSA) is 21.3 Å². The Hall–Kier alpha value is -1.87. The van der Waals surface area contributed by atoms with Crippen molar-refractivity contribution in [2.24, 2.45) is 0 Å². The molecule has 2 nitrogen and oxygen atoms in total. The molecule has 1 atom stereocenters. The fraction of sp³-hybridized carbons (Fsp3) is 0.294. The van der Waals surface area contributed by atoms with E-state index in [1.807, 2.05) is 33.0 Å². The molecule has 0 heterocycles. The van der Waals surface area contributed by atoms with E-state index in [2.05, 4.69) is 17.4 Å². The van der Waals surface area contributed by atoms with Crippen molar-refractivity contribution in [1.29, 1.82) is 0 Å². The van der Waals surface area contributed by atoms with Gasteiger partial charge in [0.05, 0.1) is 13.2 Å². The van der Waals surface area contributed by atoms with Crippen molar-refractivity contribution in [3.8, 4) is 5.75 Å². The molecule has 0 bridgehead atoms. The maximum absolute atomic E-state index is 13.0. The third-order valence-electron chi connectivity index (χ3n) is 3.51. The zero-order chi connectivity index (χ0) is 14.7. The van der Waals surface area contributed by atoms with Gasteiger partial charge in [-0.15, -0.1) is 0 Å². The molecule has 0 saturated heterocycles. The molecule has 0 radical (unpaired) electrons. The van der Waals surface area contributed by atoms with Gasteiger partial charge in [-0.25, -0.2) is 4.39 Å². The highest BCUT2D eigenvalue weighted by atomic mass is 19.1. The van der Waals surface area contributed by atoms with Crippen molar-refractivity contribution in [3.63, 3.8) is 0 Å². The molecular weight excluding hydrogens is 253 g/mol. The largest absolute Gasteiger partial charge is 0.496 e. The van der Waals surface area contributed by atoms with Crippen molar-refractivity contribution >= 4 is 0 Å². The third kappa shape index (κ3) is 2.83. The first-order valence-corrected chi connectivity index (χ1v) is 6.64. The molecule has 3 heteroatoms. The monoisotopic (exact) mass is 273 g/mol. The zero-order valence-corrected chi connectivity index (χ0v) is 12.3. The van der Waals surface area contributed by atoms with E-state index in [0.29, 0.717) is 0 Å². The molecule has 2 aromatic carbocycles. The first-order chi connectivity index (χ1) is 9.56. The molecule has 20 heavy (non-hydrogen) atoms. The van der Waals surface area contributed by atoms with Crippen LogP contribution >= 0.6 is 0 Å². The molecule has 0 saturated carbocycles. The summed E-state index contributed by atoms with van der Waals surface area (Å²) in [4.78, 5) is 0. The maximum Gasteiger partial charge on any atom is 0.124 e. The van der Waals surface area contributed by atoms with Gasteiger partial charge in [0.15, 0.2) is 0 Å². The molecule has 1 unspecified atom stereocenters. The van der Waals surface area contributed by atoms with E-state index >= 15 is 0 Å². The fourth-order valence-corrected chi connectivity index (χ4v) is 2.65. The SMILES string of the molecule is CNC(c1ccc(F)cc1)c1cc(C)c(OC)c(C)c1. The van der Waals surface area contributed by atoms with Crippen molar-refractivity contribution in [2.45, 2.75) is 19.9 Å². The summed E-state index contributed by atoms with van der Waals surface area (Å²) in [5.74, 6) is 0.702. The number of hydrogen-bond acceptors (Lipinski definition) is 2. The molecule has 0 spiro atoms. The van der Waals surface area contributed by atoms with Gasteiger partial charge in [0.25, 0.3) is 0 Å². The summed E-state index contributed by atoms with van der Waals surface area (Å²) in [7, 11) is 3.59. The van der Waals surface area contributed by atoms with Gasteiger partial charge in [-0.2, -0.15) is 0 Å². The smallest absolute Gasteiger partial charge is 0.124 e. The Balaban J connectivity index is 2.44. The van der Waals surface area contributed by atoms with Gasteiger partial charge in [-0.3, -0.25) is 0 Å². The minimum atomic E-state index is -0.217. The average molecular weight is 273 g/mol. The van der Waals surface area contributed by atoms with E-state index in [-0.39, 0.29) is 11.9 Å². The zero-order valence-electron chi connectivity index (χ0n) is 12.3. The second-order valence-electron chi connectivity index (χ2n) is 4.96. The fourth-order valence-electron chi connectivity index (χ4n) is 2.65. The van der Waals surface area contributed by atoms with Gasteiger partial charge in [0, 0.05) is 0 Å². The van der Waals surface area contributed by atoms with Gasteiger partial charge < -0.3 is 10.1 Å². The Morgan fingerprint density at radius 2 is 1.55 bits per heavy atom. The molecule has 1 N–H and O–H groups in total. The Bertz CT molecular complexity index is 569. The summed E-state index contributed by atoms with van der Waals surface area (Å²) >= 11 is 0. The van der Waals surface area contributed by atoms with Crippen molar-refractivity contribution < 1.29 is 9.13 Å². The highest BCUT2D eigenvalue weighted by Gasteiger charge is 2.15. The van der Waals surface area contributed by atoms with Crippen molar-refractivity contribution in [3.05, 3.63) is 64.5 Å². The Labute approximate surface area is 119 Å². The van der Waals surface area contributed by atoms with Crippen LogP contribution in [-0.2, 0) is 0 Å². The summed E-state index contributed by atoms with van der Waals surface area (Å²) in [6.07, 6.45) is 0. The molecule has 106 valence electrons. The summed E-state index contributed by atoms with van der Waals surface area (Å²) in [5, 5.41) is 3.28. The van der Waals surface area contributed by atoms with Gasteiger partial charge in [-0.1, -0.05) is 24.3 Å². The van der Waals surface area contributed by atoms with Gasteiger partial charge in [0.1, 0.15) is 11.6 Å². The number of rotatable bonds is 4. The Kier molecular flexibility index (Phi) is 4.40. The summed E-state index contributed by atoms with van der Waals surface area (Å²) in [6, 6.07) is 10.9. The van der Waals surface area contributed by atoms with Crippen LogP contribution in [0.15, 0.2) is 36.4 Å². The predicted molar refractivity (Wildman–Crippen MR) is 79.8 cm³/mol. The van der Waals surface area contributed by atoms with Crippen LogP contribution < -0.4 is 10.1 Å². The third-order valence-corrected chi connectivity index (χ3v) is 3.51. The number of aryl methyl sites for hydroxylation is 2. The Morgan fingerprint density at radius 1 is 1.00 bits per heavy atom. The van der Waals surface area contributed by atoms with Crippen LogP contribution in [0.5, 0.6) is 5.75 Å². The van der Waals surface area contributed by atoms with Crippen LogP contribution in [0.2, 0.25) is 0 Å². The lowest BCUT2D eigenvalue weighted by Gasteiger charge is -2.20. The van der Waals surface area contributed by atoms with Crippen LogP contribution in [0.4, 0.5) is 4.39 Å². The minimum absolute atomic E-state index is 0.0407. The molecule has 0 aromatic heterocycles. The van der Waals surface area contributed by atoms with Crippen LogP contribution in [0.1, 0.15) is 28.3 Å². The van der Waals surface area contributed by atoms with Crippen LogP contribution in [0.3, 0.4) is 0 Å². The van der Waals surface area contributed by atoms with E-state index in [1.54, 1.807) is 7.11 Å². The first-order valence-electron chi connectivity index (χ1n) is 6.64. The van der Waals surface area contributed by atoms with Crippen LogP contribution in [0, 0.1) is 19.7 Å². The highest BCUT2D eigenvalue weighted by molar-refractivity contribution is 5.46. The Morgan fingerprint density at radius 3 is 2.00 bits per heavy atom. The summed E-state index contributed by atoms with van der Waals surface area (Å²) in [5.41, 5.74) is 4.39. The quantitative estimate of drug-likeness (QED) is 0.915. The standard InChI is InChI=1S/C17H20FNO/c1-11-9-14(10-12(2)17(11)20-4)16(19-3)13-5-7-15(18)8-6-13/h5-10,16,19H,1-4H3. The molecule has 2 rings (SSSR count). The molecule has 0 amide bonds. The first kappa shape index (κ1) is 14.5. The van der Waals surface area contributed by atoms with Crippen molar-refractivity contribution in [1.82, 2.24) is 5.32 Å². The number of benzene rings is 2. The van der Waals surface area contributed by atoms with E-state index in [9.17, 15) is 4.39 Å². The molecule has 0 fully saturated rings. The average Bonchev–Trinajstić information content (AvgIpc) is 2.41. The molecule has 0 aliphatic rings. The number of hydrogen-bond donors (Lipinski definition) is 1. The lowest BCUT2D eigenvalue weighted by molar-refractivity contribution is 0.408. The van der Waals surface area contributed by atoms with E-state index in [4.69, 9.17) is 4.74 Å². The van der Waals surface area contributed by atoms with Gasteiger partial charge in [-0.05, 0) is 55.3 Å². The second-order valence-corrected chi connectivity index (χ2v) is 4.96. The molecule has 0 aliphatic heterocycles. The number of ether oxygens (including phenoxy) is 1. The number of nitrogens with one attached hydrogen (secondary N) is 1. The highest BCUT2D eigenvalue weighted by Crippen LogP contribution is 2.30. The molecule has 2 aromatic rings. The summed E-state index contributed by atoms with van der Waals surface area (Å²) < 4.78 is 18.4. The number of methoxy groups -OCH3 is 1. The molecular formula is C17H20FNO. The van der Waals surface area contributed by atoms with Gasteiger partial charge >= 0.3 is 0 Å². The van der Waals surface area contributed by atoms with Crippen LogP contribution in [-0.4, -0.2) is 14.2 Å². The lowest BCUT2D eigenvalue weighted by atomic mass is 9.95. The minimum Gasteiger partial charge on any atom is -0.496 e. The second kappa shape index (κ2) is 6.06. The number of halogens is 1. The maximum atomic E-state index is 13.0. The van der Waals surface area contributed by atoms with Crippen molar-refractivity contribution in [2.75, 3.05) is 14.2 Å². The molecule has 0 aliphatic carbocycles. The normalized spacial score (nSPS) is 12.2. The van der Waals surface area contributed by atoms with Crippen LogP contribution in [0.25, 0.3) is 0 Å². The van der Waals surface area contributed by atoms with Gasteiger partial charge in [0.2, 0.25) is 0 Å². The van der Waals surface area contributed by atoms with E-state index in [1.165, 1.54) is 12.1 Å². The summed E-state index contributed by atoms with van der Waals surface area (Å²) in [6.45, 7) is 4.07. The van der Waals surface area contributed by atoms with E-state index in [0.717, 1.165) is 28.0 Å². The predicted octanol–water partition coefficient (Wildman–Crippen LogP) is 3.76. The van der Waals surface area contributed by atoms with E-state index < -0.39 is 0 Å².